The largest absolute Gasteiger partial charge is 0.309 e. The summed E-state index contributed by atoms with van der Waals surface area (Å²) in [7, 11) is 0. The zero-order valence-electron chi connectivity index (χ0n) is 33.8. The Morgan fingerprint density at radius 2 is 0.875 bits per heavy atom. The number of nitrogens with zero attached hydrogens (tertiary/aromatic N) is 2. The molecular weight excluding hydrogens is 677 g/mol. The normalized spacial score (nSPS) is 17.1. The van der Waals surface area contributed by atoms with E-state index in [9.17, 15) is 0 Å². The summed E-state index contributed by atoms with van der Waals surface area (Å²) in [5, 5.41) is 5.22. The van der Waals surface area contributed by atoms with Gasteiger partial charge in [0.05, 0.1) is 22.1 Å². The average molecular weight is 725 g/mol. The van der Waals surface area contributed by atoms with Gasteiger partial charge in [0.1, 0.15) is 0 Å². The summed E-state index contributed by atoms with van der Waals surface area (Å²) in [6.45, 7) is 19.5. The van der Waals surface area contributed by atoms with E-state index in [1.165, 1.54) is 99.5 Å². The molecule has 0 atom stereocenters. The second kappa shape index (κ2) is 10.9. The first-order valence-corrected chi connectivity index (χ1v) is 20.3. The lowest BCUT2D eigenvalue weighted by atomic mass is 9.59. The van der Waals surface area contributed by atoms with E-state index in [0.29, 0.717) is 0 Å². The third kappa shape index (κ3) is 4.12. The maximum Gasteiger partial charge on any atom is 0.0544 e. The second-order valence-corrected chi connectivity index (χ2v) is 18.7. The molecule has 0 aliphatic heterocycles. The molecule has 2 aliphatic rings. The van der Waals surface area contributed by atoms with Crippen LogP contribution in [-0.4, -0.2) is 9.13 Å². The van der Waals surface area contributed by atoms with Crippen molar-refractivity contribution in [3.63, 3.8) is 0 Å². The number of hydrogen-bond acceptors (Lipinski definition) is 0. The molecule has 2 aromatic heterocycles. The van der Waals surface area contributed by atoms with Gasteiger partial charge in [-0.25, -0.2) is 0 Å². The van der Waals surface area contributed by atoms with Crippen LogP contribution in [0.15, 0.2) is 146 Å². The number of fused-ring (bicyclic) bond motifs is 10. The Morgan fingerprint density at radius 3 is 1.62 bits per heavy atom. The average Bonchev–Trinajstić information content (AvgIpc) is 3.81. The van der Waals surface area contributed by atoms with Crippen LogP contribution < -0.4 is 0 Å². The Hall–Kier alpha value is -5.86. The van der Waals surface area contributed by atoms with Crippen LogP contribution in [0.3, 0.4) is 0 Å². The summed E-state index contributed by atoms with van der Waals surface area (Å²) in [5.41, 5.74) is 18.4. The van der Waals surface area contributed by atoms with Crippen LogP contribution in [0.4, 0.5) is 0 Å². The van der Waals surface area contributed by atoms with Crippen LogP contribution in [0, 0.1) is 5.41 Å². The Labute approximate surface area is 330 Å². The molecule has 274 valence electrons. The molecule has 0 N–H and O–H groups in total. The molecule has 9 aromatic rings. The highest BCUT2D eigenvalue weighted by Crippen LogP contribution is 2.62. The van der Waals surface area contributed by atoms with E-state index in [-0.39, 0.29) is 21.7 Å². The van der Waals surface area contributed by atoms with E-state index >= 15 is 0 Å². The van der Waals surface area contributed by atoms with Crippen molar-refractivity contribution in [2.24, 2.45) is 5.41 Å². The molecule has 0 saturated heterocycles. The predicted molar refractivity (Wildman–Crippen MR) is 238 cm³/mol. The summed E-state index contributed by atoms with van der Waals surface area (Å²) in [5.74, 6) is 0. The van der Waals surface area contributed by atoms with Gasteiger partial charge in [-0.3, -0.25) is 0 Å². The Bertz CT molecular complexity index is 3110. The van der Waals surface area contributed by atoms with Gasteiger partial charge in [-0.1, -0.05) is 134 Å². The smallest absolute Gasteiger partial charge is 0.0544 e. The molecule has 0 fully saturated rings. The first-order valence-electron chi connectivity index (χ1n) is 20.3. The summed E-state index contributed by atoms with van der Waals surface area (Å²) >= 11 is 0. The molecule has 0 radical (unpaired) electrons. The zero-order valence-corrected chi connectivity index (χ0v) is 33.8. The quantitative estimate of drug-likeness (QED) is 0.172. The van der Waals surface area contributed by atoms with Crippen molar-refractivity contribution in [2.45, 2.75) is 71.6 Å². The number of aromatic nitrogens is 2. The van der Waals surface area contributed by atoms with Crippen molar-refractivity contribution in [3.8, 4) is 33.6 Å². The molecule has 0 bridgehead atoms. The van der Waals surface area contributed by atoms with E-state index in [2.05, 4.69) is 210 Å². The van der Waals surface area contributed by atoms with E-state index in [4.69, 9.17) is 0 Å². The van der Waals surface area contributed by atoms with Gasteiger partial charge in [0.15, 0.2) is 0 Å². The van der Waals surface area contributed by atoms with Crippen molar-refractivity contribution < 1.29 is 0 Å². The lowest BCUT2D eigenvalue weighted by molar-refractivity contribution is 0.125. The summed E-state index contributed by atoms with van der Waals surface area (Å²) in [6, 6.07) is 54.9. The lowest BCUT2D eigenvalue weighted by Crippen LogP contribution is -2.42. The van der Waals surface area contributed by atoms with Crippen LogP contribution >= 0.6 is 0 Å². The van der Waals surface area contributed by atoms with Crippen molar-refractivity contribution >= 4 is 43.6 Å². The molecule has 0 spiro atoms. The van der Waals surface area contributed by atoms with Gasteiger partial charge >= 0.3 is 0 Å². The lowest BCUT2D eigenvalue weighted by Gasteiger charge is -2.44. The summed E-state index contributed by atoms with van der Waals surface area (Å²) in [4.78, 5) is 0. The van der Waals surface area contributed by atoms with Crippen LogP contribution in [0.5, 0.6) is 0 Å². The maximum atomic E-state index is 2.56. The maximum absolute atomic E-state index is 2.56. The molecular formula is C54H48N2. The minimum atomic E-state index is -0.0801. The predicted octanol–water partition coefficient (Wildman–Crippen LogP) is 14.4. The van der Waals surface area contributed by atoms with E-state index < -0.39 is 0 Å². The van der Waals surface area contributed by atoms with Crippen molar-refractivity contribution in [3.05, 3.63) is 168 Å². The number of benzene rings is 7. The Morgan fingerprint density at radius 1 is 0.339 bits per heavy atom. The van der Waals surface area contributed by atoms with Crippen LogP contribution in [-0.2, 0) is 16.2 Å². The molecule has 0 amide bonds. The highest BCUT2D eigenvalue weighted by molar-refractivity contribution is 6.13. The van der Waals surface area contributed by atoms with Gasteiger partial charge < -0.3 is 9.13 Å². The first kappa shape index (κ1) is 33.5. The van der Waals surface area contributed by atoms with Crippen molar-refractivity contribution in [1.82, 2.24) is 9.13 Å². The number of hydrogen-bond donors (Lipinski definition) is 0. The third-order valence-corrected chi connectivity index (χ3v) is 15.2. The minimum Gasteiger partial charge on any atom is -0.309 e. The Balaban J connectivity index is 1.12. The highest BCUT2D eigenvalue weighted by atomic mass is 15.0. The third-order valence-electron chi connectivity index (χ3n) is 15.2. The molecule has 0 saturated carbocycles. The van der Waals surface area contributed by atoms with Gasteiger partial charge in [0, 0.05) is 38.3 Å². The van der Waals surface area contributed by atoms with Gasteiger partial charge in [-0.15, -0.1) is 0 Å². The SMILES string of the molecule is CC1(C)c2ccccc2-c2cc3c4cc5c(cc4n(-c4ccc(-c6ccc7c(c6)c6ccccc6n7-c6ccccc6)cc4)c3cc21)C(C)(C)C(C)(C)C5(C)C. The molecule has 2 aliphatic carbocycles. The fourth-order valence-corrected chi connectivity index (χ4v) is 10.8. The van der Waals surface area contributed by atoms with Crippen molar-refractivity contribution in [1.29, 1.82) is 0 Å². The van der Waals surface area contributed by atoms with Gasteiger partial charge in [0.25, 0.3) is 0 Å². The standard InChI is InChI=1S/C54H48N2/c1-51(2)43-20-14-12-18-37(43)39-29-41-42-30-45-46(53(5,6)54(7,8)52(45,3)4)32-50(42)56(49(41)31-44(39)51)36-25-22-33(23-26-36)34-24-27-48-40(28-34)38-19-13-15-21-47(38)55(48)35-16-10-9-11-17-35/h9-32H,1-8H3. The molecule has 7 aromatic carbocycles. The van der Waals surface area contributed by atoms with Crippen LogP contribution in [0.1, 0.15) is 77.6 Å². The summed E-state index contributed by atoms with van der Waals surface area (Å²) in [6.07, 6.45) is 0. The van der Waals surface area contributed by atoms with Gasteiger partial charge in [-0.05, 0) is 127 Å². The molecule has 2 heteroatoms. The Kier molecular flexibility index (Phi) is 6.53. The van der Waals surface area contributed by atoms with E-state index in [1.807, 2.05) is 0 Å². The fraction of sp³-hybridized carbons (Fsp3) is 0.222. The van der Waals surface area contributed by atoms with Crippen LogP contribution in [0.2, 0.25) is 0 Å². The topological polar surface area (TPSA) is 9.86 Å². The van der Waals surface area contributed by atoms with E-state index in [1.54, 1.807) is 0 Å². The molecule has 0 unspecified atom stereocenters. The van der Waals surface area contributed by atoms with Gasteiger partial charge in [-0.2, -0.15) is 0 Å². The van der Waals surface area contributed by atoms with Crippen LogP contribution in [0.25, 0.3) is 77.2 Å². The van der Waals surface area contributed by atoms with Crippen molar-refractivity contribution in [2.75, 3.05) is 0 Å². The summed E-state index contributed by atoms with van der Waals surface area (Å²) < 4.78 is 4.94. The first-order chi connectivity index (χ1) is 26.8. The monoisotopic (exact) mass is 724 g/mol. The molecule has 56 heavy (non-hydrogen) atoms. The minimum absolute atomic E-state index is 0.0101. The second-order valence-electron chi connectivity index (χ2n) is 18.7. The zero-order chi connectivity index (χ0) is 38.5. The van der Waals surface area contributed by atoms with E-state index in [0.717, 1.165) is 0 Å². The molecule has 2 heterocycles. The number of rotatable bonds is 3. The fourth-order valence-electron chi connectivity index (χ4n) is 10.8. The molecule has 11 rings (SSSR count). The molecule has 2 nitrogen and oxygen atoms in total. The highest BCUT2D eigenvalue weighted by Gasteiger charge is 2.57. The van der Waals surface area contributed by atoms with Gasteiger partial charge in [0.2, 0.25) is 0 Å². The number of para-hydroxylation sites is 2.